The number of sulfonamides is 1. The Labute approximate surface area is 127 Å². The third-order valence-corrected chi connectivity index (χ3v) is 6.63. The Morgan fingerprint density at radius 1 is 1.47 bits per heavy atom. The SMILES string of the molecule is CSCC(C)N(C)S(=O)(=O)c1ccc(CO)cc1Br. The smallest absolute Gasteiger partial charge is 0.244 e. The lowest BCUT2D eigenvalue weighted by atomic mass is 10.2. The van der Waals surface area contributed by atoms with Gasteiger partial charge in [0.1, 0.15) is 0 Å². The zero-order valence-electron chi connectivity index (χ0n) is 11.1. The van der Waals surface area contributed by atoms with Gasteiger partial charge in [-0.25, -0.2) is 8.42 Å². The average molecular weight is 368 g/mol. The van der Waals surface area contributed by atoms with Crippen molar-refractivity contribution in [3.05, 3.63) is 28.2 Å². The van der Waals surface area contributed by atoms with Gasteiger partial charge in [0.25, 0.3) is 0 Å². The van der Waals surface area contributed by atoms with Crippen molar-refractivity contribution in [3.8, 4) is 0 Å². The van der Waals surface area contributed by atoms with E-state index in [1.165, 1.54) is 10.4 Å². The first-order chi connectivity index (χ1) is 8.84. The molecule has 0 aromatic heterocycles. The van der Waals surface area contributed by atoms with E-state index in [9.17, 15) is 8.42 Å². The Hall–Kier alpha value is -0.0800. The summed E-state index contributed by atoms with van der Waals surface area (Å²) in [5, 5.41) is 9.04. The highest BCUT2D eigenvalue weighted by molar-refractivity contribution is 9.10. The van der Waals surface area contributed by atoms with Gasteiger partial charge < -0.3 is 5.11 Å². The van der Waals surface area contributed by atoms with Gasteiger partial charge in [0, 0.05) is 23.3 Å². The number of benzene rings is 1. The number of hydrogen-bond donors (Lipinski definition) is 1. The molecule has 0 aliphatic carbocycles. The van der Waals surface area contributed by atoms with Crippen molar-refractivity contribution < 1.29 is 13.5 Å². The minimum absolute atomic E-state index is 0.0792. The summed E-state index contributed by atoms with van der Waals surface area (Å²) in [5.74, 6) is 0.738. The largest absolute Gasteiger partial charge is 0.392 e. The maximum Gasteiger partial charge on any atom is 0.244 e. The van der Waals surface area contributed by atoms with Gasteiger partial charge in [0.05, 0.1) is 11.5 Å². The van der Waals surface area contributed by atoms with Crippen LogP contribution in [-0.4, -0.2) is 42.9 Å². The molecule has 0 radical (unpaired) electrons. The van der Waals surface area contributed by atoms with E-state index in [2.05, 4.69) is 15.9 Å². The van der Waals surface area contributed by atoms with E-state index in [0.29, 0.717) is 10.0 Å². The van der Waals surface area contributed by atoms with Gasteiger partial charge in [-0.05, 0) is 46.8 Å². The summed E-state index contributed by atoms with van der Waals surface area (Å²) >= 11 is 4.87. The molecule has 0 aliphatic rings. The van der Waals surface area contributed by atoms with Crippen molar-refractivity contribution in [2.75, 3.05) is 19.1 Å². The lowest BCUT2D eigenvalue weighted by Gasteiger charge is -2.24. The van der Waals surface area contributed by atoms with Crippen molar-refractivity contribution in [2.24, 2.45) is 0 Å². The topological polar surface area (TPSA) is 57.6 Å². The van der Waals surface area contributed by atoms with E-state index in [1.807, 2.05) is 13.2 Å². The van der Waals surface area contributed by atoms with Crippen molar-refractivity contribution in [2.45, 2.75) is 24.5 Å². The number of hydrogen-bond acceptors (Lipinski definition) is 4. The molecule has 0 aliphatic heterocycles. The van der Waals surface area contributed by atoms with Gasteiger partial charge >= 0.3 is 0 Å². The van der Waals surface area contributed by atoms with Crippen molar-refractivity contribution in [1.82, 2.24) is 4.31 Å². The molecule has 1 unspecified atom stereocenters. The summed E-state index contributed by atoms with van der Waals surface area (Å²) in [4.78, 5) is 0.222. The molecule has 0 fully saturated rings. The van der Waals surface area contributed by atoms with Crippen LogP contribution < -0.4 is 0 Å². The zero-order valence-corrected chi connectivity index (χ0v) is 14.3. The minimum atomic E-state index is -3.52. The summed E-state index contributed by atoms with van der Waals surface area (Å²) in [6, 6.07) is 4.68. The molecule has 0 saturated carbocycles. The van der Waals surface area contributed by atoms with Crippen molar-refractivity contribution in [1.29, 1.82) is 0 Å². The van der Waals surface area contributed by atoms with Crippen LogP contribution in [0.2, 0.25) is 0 Å². The standard InChI is InChI=1S/C12H18BrNO3S2/c1-9(8-18-3)14(2)19(16,17)12-5-4-10(7-15)6-11(12)13/h4-6,9,15H,7-8H2,1-3H3. The molecule has 1 atom stereocenters. The maximum atomic E-state index is 12.5. The van der Waals surface area contributed by atoms with Crippen LogP contribution in [-0.2, 0) is 16.6 Å². The Kier molecular flexibility index (Phi) is 6.32. The van der Waals surface area contributed by atoms with Gasteiger partial charge in [0.15, 0.2) is 0 Å². The quantitative estimate of drug-likeness (QED) is 0.837. The Balaban J connectivity index is 3.13. The summed E-state index contributed by atoms with van der Waals surface area (Å²) in [6.07, 6.45) is 1.95. The lowest BCUT2D eigenvalue weighted by Crippen LogP contribution is -2.36. The molecule has 19 heavy (non-hydrogen) atoms. The molecule has 1 N–H and O–H groups in total. The predicted octanol–water partition coefficient (Wildman–Crippen LogP) is 2.31. The summed E-state index contributed by atoms with van der Waals surface area (Å²) in [7, 11) is -1.94. The van der Waals surface area contributed by atoms with Gasteiger partial charge in [-0.2, -0.15) is 16.1 Å². The average Bonchev–Trinajstić information content (AvgIpc) is 2.37. The second-order valence-electron chi connectivity index (χ2n) is 4.25. The fourth-order valence-electron chi connectivity index (χ4n) is 1.59. The normalized spacial score (nSPS) is 13.8. The number of halogens is 1. The Morgan fingerprint density at radius 3 is 2.58 bits per heavy atom. The molecule has 0 heterocycles. The summed E-state index contributed by atoms with van der Waals surface area (Å²) in [6.45, 7) is 1.77. The molecule has 0 spiro atoms. The summed E-state index contributed by atoms with van der Waals surface area (Å²) < 4.78 is 26.8. The Morgan fingerprint density at radius 2 is 2.11 bits per heavy atom. The van der Waals surface area contributed by atoms with Gasteiger partial charge in [0.2, 0.25) is 10.0 Å². The second kappa shape index (κ2) is 7.08. The van der Waals surface area contributed by atoms with Gasteiger partial charge in [-0.3, -0.25) is 0 Å². The molecule has 0 saturated heterocycles. The Bertz CT molecular complexity index is 534. The number of aliphatic hydroxyl groups is 1. The van der Waals surface area contributed by atoms with Gasteiger partial charge in [-0.15, -0.1) is 0 Å². The van der Waals surface area contributed by atoms with Crippen LogP contribution in [0.1, 0.15) is 12.5 Å². The van der Waals surface area contributed by atoms with E-state index in [0.717, 1.165) is 5.75 Å². The first-order valence-corrected chi connectivity index (χ1v) is 9.33. The molecule has 108 valence electrons. The highest BCUT2D eigenvalue weighted by Crippen LogP contribution is 2.27. The molecular formula is C12H18BrNO3S2. The third kappa shape index (κ3) is 3.95. The van der Waals surface area contributed by atoms with Crippen LogP contribution in [0.15, 0.2) is 27.6 Å². The van der Waals surface area contributed by atoms with Crippen LogP contribution in [0.3, 0.4) is 0 Å². The summed E-state index contributed by atoms with van der Waals surface area (Å²) in [5.41, 5.74) is 0.672. The van der Waals surface area contributed by atoms with Crippen molar-refractivity contribution >= 4 is 37.7 Å². The fraction of sp³-hybridized carbons (Fsp3) is 0.500. The van der Waals surface area contributed by atoms with Crippen molar-refractivity contribution in [3.63, 3.8) is 0 Å². The first kappa shape index (κ1) is 17.0. The first-order valence-electron chi connectivity index (χ1n) is 5.70. The third-order valence-electron chi connectivity index (χ3n) is 2.86. The number of thioether (sulfide) groups is 1. The fourth-order valence-corrected chi connectivity index (χ4v) is 4.83. The van der Waals surface area contributed by atoms with E-state index in [4.69, 9.17) is 5.11 Å². The molecule has 1 rings (SSSR count). The van der Waals surface area contributed by atoms with E-state index < -0.39 is 10.0 Å². The molecular weight excluding hydrogens is 350 g/mol. The van der Waals surface area contributed by atoms with Gasteiger partial charge in [-0.1, -0.05) is 6.07 Å². The monoisotopic (exact) mass is 367 g/mol. The minimum Gasteiger partial charge on any atom is -0.392 e. The molecule has 1 aromatic rings. The second-order valence-corrected chi connectivity index (χ2v) is 7.98. The molecule has 1 aromatic carbocycles. The van der Waals surface area contributed by atoms with Crippen LogP contribution in [0.25, 0.3) is 0 Å². The molecule has 0 bridgehead atoms. The zero-order chi connectivity index (χ0) is 14.6. The molecule has 4 nitrogen and oxygen atoms in total. The van der Waals surface area contributed by atoms with E-state index >= 15 is 0 Å². The number of rotatable bonds is 6. The highest BCUT2D eigenvalue weighted by atomic mass is 79.9. The number of aliphatic hydroxyl groups excluding tert-OH is 1. The predicted molar refractivity (Wildman–Crippen MR) is 82.9 cm³/mol. The van der Waals surface area contributed by atoms with Crippen LogP contribution in [0.4, 0.5) is 0 Å². The maximum absolute atomic E-state index is 12.5. The molecule has 7 heteroatoms. The highest BCUT2D eigenvalue weighted by Gasteiger charge is 2.27. The lowest BCUT2D eigenvalue weighted by molar-refractivity contribution is 0.281. The van der Waals surface area contributed by atoms with E-state index in [1.54, 1.807) is 30.9 Å². The molecule has 0 amide bonds. The van der Waals surface area contributed by atoms with Crippen LogP contribution >= 0.6 is 27.7 Å². The van der Waals surface area contributed by atoms with E-state index in [-0.39, 0.29) is 17.5 Å². The van der Waals surface area contributed by atoms with Crippen LogP contribution in [0.5, 0.6) is 0 Å². The number of nitrogens with zero attached hydrogens (tertiary/aromatic N) is 1. The van der Waals surface area contributed by atoms with Crippen LogP contribution in [0, 0.1) is 0 Å².